The van der Waals surface area contributed by atoms with Gasteiger partial charge >= 0.3 is 11.4 Å². The summed E-state index contributed by atoms with van der Waals surface area (Å²) in [6, 6.07) is 0. The molecule has 0 aliphatic heterocycles. The minimum atomic E-state index is -2.04. The van der Waals surface area contributed by atoms with Crippen molar-refractivity contribution in [3.63, 3.8) is 0 Å². The molecule has 2 atom stereocenters. The zero-order chi connectivity index (χ0) is 15.2. The lowest BCUT2D eigenvalue weighted by molar-refractivity contribution is -0.131. The summed E-state index contributed by atoms with van der Waals surface area (Å²) in [7, 11) is 0. The van der Waals surface area contributed by atoms with Crippen LogP contribution in [0.1, 0.15) is 65.2 Å². The third-order valence-corrected chi connectivity index (χ3v) is 3.66. The Balaban J connectivity index is 3.76. The van der Waals surface area contributed by atoms with E-state index in [1.807, 2.05) is 0 Å². The van der Waals surface area contributed by atoms with E-state index in [0.717, 1.165) is 19.3 Å². The van der Waals surface area contributed by atoms with E-state index in [1.54, 1.807) is 6.92 Å². The molecule has 0 spiro atoms. The van der Waals surface area contributed by atoms with Crippen molar-refractivity contribution in [3.05, 3.63) is 0 Å². The Morgan fingerprint density at radius 3 is 2.25 bits per heavy atom. The maximum Gasteiger partial charge on any atom is 0.305 e. The number of unbranched alkanes of at least 4 members (excludes halogenated alkanes) is 6. The van der Waals surface area contributed by atoms with Gasteiger partial charge in [0.05, 0.1) is 6.61 Å². The largest absolute Gasteiger partial charge is 0.305 e. The van der Waals surface area contributed by atoms with E-state index in [9.17, 15) is 13.8 Å². The second-order valence-electron chi connectivity index (χ2n) is 4.60. The topological polar surface area (TPSA) is 69.7 Å². The van der Waals surface area contributed by atoms with Gasteiger partial charge in [0.25, 0.3) is 0 Å². The lowest BCUT2D eigenvalue weighted by Gasteiger charge is -2.09. The quantitative estimate of drug-likeness (QED) is 0.280. The van der Waals surface area contributed by atoms with Crippen molar-refractivity contribution in [1.82, 2.24) is 0 Å². The summed E-state index contributed by atoms with van der Waals surface area (Å²) in [5, 5.41) is 0. The van der Waals surface area contributed by atoms with Crippen LogP contribution in [0.5, 0.6) is 0 Å². The summed E-state index contributed by atoms with van der Waals surface area (Å²) >= 11 is -2.04. The van der Waals surface area contributed by atoms with Gasteiger partial charge in [-0.05, 0) is 13.3 Å². The second-order valence-corrected chi connectivity index (χ2v) is 5.44. The number of Topliss-reactive ketones (excluding diaryl/α,β-unsaturated/α-hetero) is 1. The maximum atomic E-state index is 11.7. The van der Waals surface area contributed by atoms with Gasteiger partial charge in [-0.15, -0.1) is 0 Å². The highest BCUT2D eigenvalue weighted by molar-refractivity contribution is 7.75. The average molecular weight is 306 g/mol. The number of carbonyl (C=O) groups is 2. The van der Waals surface area contributed by atoms with Crippen LogP contribution in [0.15, 0.2) is 0 Å². The molecule has 0 radical (unpaired) electrons. The Morgan fingerprint density at radius 1 is 1.10 bits per heavy atom. The van der Waals surface area contributed by atoms with Gasteiger partial charge in [-0.3, -0.25) is 13.8 Å². The fourth-order valence-corrected chi connectivity index (χ4v) is 2.33. The van der Waals surface area contributed by atoms with Crippen LogP contribution in [0.2, 0.25) is 0 Å². The van der Waals surface area contributed by atoms with Crippen LogP contribution in [0.4, 0.5) is 0 Å². The van der Waals surface area contributed by atoms with Gasteiger partial charge in [-0.1, -0.05) is 45.4 Å². The number of aldehydes is 1. The first-order valence-corrected chi connectivity index (χ1v) is 8.35. The summed E-state index contributed by atoms with van der Waals surface area (Å²) in [5.41, 5.74) is 0. The van der Waals surface area contributed by atoms with Crippen molar-refractivity contribution in [3.8, 4) is 0 Å². The first-order chi connectivity index (χ1) is 9.65. The second kappa shape index (κ2) is 13.4. The minimum Gasteiger partial charge on any atom is -0.300 e. The number of rotatable bonds is 14. The molecule has 0 heterocycles. The van der Waals surface area contributed by atoms with Gasteiger partial charge in [-0.25, -0.2) is 4.18 Å². The van der Waals surface area contributed by atoms with E-state index in [2.05, 4.69) is 11.1 Å². The molecule has 0 aliphatic carbocycles. The van der Waals surface area contributed by atoms with Gasteiger partial charge in [-0.2, -0.15) is 4.21 Å². The van der Waals surface area contributed by atoms with Crippen molar-refractivity contribution in [2.24, 2.45) is 0 Å². The molecule has 5 nitrogen and oxygen atoms in total. The first kappa shape index (κ1) is 19.4. The van der Waals surface area contributed by atoms with Crippen molar-refractivity contribution < 1.29 is 22.2 Å². The molecule has 0 aromatic rings. The summed E-state index contributed by atoms with van der Waals surface area (Å²) in [6.07, 6.45) is 7.07. The summed E-state index contributed by atoms with van der Waals surface area (Å²) in [5.74, 6) is -0.332. The molecule has 0 rings (SSSR count). The fourth-order valence-electron chi connectivity index (χ4n) is 1.76. The van der Waals surface area contributed by atoms with Gasteiger partial charge in [0.15, 0.2) is 18.2 Å². The molecule has 0 saturated carbocycles. The maximum absolute atomic E-state index is 11.7. The predicted molar refractivity (Wildman–Crippen MR) is 78.3 cm³/mol. The molecule has 20 heavy (non-hydrogen) atoms. The molecule has 6 heteroatoms. The molecule has 0 N–H and O–H groups in total. The predicted octanol–water partition coefficient (Wildman–Crippen LogP) is 2.90. The molecule has 0 amide bonds. The third-order valence-electron chi connectivity index (χ3n) is 2.86. The SMILES string of the molecule is CCCCCCCCCC(=O)C(C=O)OS(=O)OCC. The van der Waals surface area contributed by atoms with Crippen LogP contribution >= 0.6 is 0 Å². The molecule has 0 bridgehead atoms. The molecule has 0 aromatic carbocycles. The number of ketones is 1. The lowest BCUT2D eigenvalue weighted by Crippen LogP contribution is -2.27. The van der Waals surface area contributed by atoms with E-state index < -0.39 is 17.5 Å². The van der Waals surface area contributed by atoms with Gasteiger partial charge < -0.3 is 0 Å². The van der Waals surface area contributed by atoms with Crippen LogP contribution in [0, 0.1) is 0 Å². The highest BCUT2D eigenvalue weighted by Crippen LogP contribution is 2.10. The Morgan fingerprint density at radius 2 is 1.70 bits per heavy atom. The van der Waals surface area contributed by atoms with Crippen LogP contribution in [0.3, 0.4) is 0 Å². The lowest BCUT2D eigenvalue weighted by atomic mass is 10.1. The van der Waals surface area contributed by atoms with Crippen LogP contribution < -0.4 is 0 Å². The van der Waals surface area contributed by atoms with E-state index >= 15 is 0 Å². The number of hydrogen-bond acceptors (Lipinski definition) is 5. The third kappa shape index (κ3) is 10.2. The highest BCUT2D eigenvalue weighted by atomic mass is 32.2. The van der Waals surface area contributed by atoms with E-state index in [0.29, 0.717) is 6.29 Å². The van der Waals surface area contributed by atoms with E-state index in [4.69, 9.17) is 4.18 Å². The highest BCUT2D eigenvalue weighted by Gasteiger charge is 2.21. The molecule has 0 saturated heterocycles. The smallest absolute Gasteiger partial charge is 0.300 e. The molecule has 0 aliphatic rings. The van der Waals surface area contributed by atoms with Crippen molar-refractivity contribution in [1.29, 1.82) is 0 Å². The molecular formula is C14H26O5S. The summed E-state index contributed by atoms with van der Waals surface area (Å²) < 4.78 is 20.5. The zero-order valence-corrected chi connectivity index (χ0v) is 13.3. The molecular weight excluding hydrogens is 280 g/mol. The van der Waals surface area contributed by atoms with Gasteiger partial charge in [0, 0.05) is 6.42 Å². The average Bonchev–Trinajstić information content (AvgIpc) is 2.43. The van der Waals surface area contributed by atoms with Crippen molar-refractivity contribution >= 4 is 23.4 Å². The number of hydrogen-bond donors (Lipinski definition) is 0. The monoisotopic (exact) mass is 306 g/mol. The summed E-state index contributed by atoms with van der Waals surface area (Å²) in [4.78, 5) is 22.5. The van der Waals surface area contributed by atoms with Crippen LogP contribution in [-0.4, -0.2) is 29.0 Å². The molecule has 118 valence electrons. The fraction of sp³-hybridized carbons (Fsp3) is 0.857. The Kier molecular flexibility index (Phi) is 13.0. The Hall–Kier alpha value is -0.590. The van der Waals surface area contributed by atoms with Gasteiger partial charge in [0.2, 0.25) is 0 Å². The standard InChI is InChI=1S/C14H26O5S/c1-3-5-6-7-8-9-10-11-13(16)14(12-15)19-20(17)18-4-2/h12,14H,3-11H2,1-2H3. The zero-order valence-electron chi connectivity index (χ0n) is 12.5. The van der Waals surface area contributed by atoms with E-state index in [-0.39, 0.29) is 18.8 Å². The molecule has 0 aromatic heterocycles. The molecule has 2 unspecified atom stereocenters. The van der Waals surface area contributed by atoms with Crippen LogP contribution in [0.25, 0.3) is 0 Å². The Labute approximate surface area is 124 Å². The van der Waals surface area contributed by atoms with Crippen molar-refractivity contribution in [2.45, 2.75) is 71.3 Å². The number of carbonyl (C=O) groups excluding carboxylic acids is 2. The van der Waals surface area contributed by atoms with E-state index in [1.165, 1.54) is 25.7 Å². The van der Waals surface area contributed by atoms with Gasteiger partial charge in [0.1, 0.15) is 0 Å². The molecule has 0 fully saturated rings. The van der Waals surface area contributed by atoms with Crippen molar-refractivity contribution in [2.75, 3.05) is 6.61 Å². The normalized spacial score (nSPS) is 13.9. The minimum absolute atomic E-state index is 0.199. The first-order valence-electron chi connectivity index (χ1n) is 7.35. The Bertz CT molecular complexity index is 293. The summed E-state index contributed by atoms with van der Waals surface area (Å²) in [6.45, 7) is 4.02. The van der Waals surface area contributed by atoms with Crippen LogP contribution in [-0.2, 0) is 29.3 Å².